The predicted octanol–water partition coefficient (Wildman–Crippen LogP) is 8.82. The number of thiazole rings is 1. The van der Waals surface area contributed by atoms with Crippen molar-refractivity contribution in [1.82, 2.24) is 15.2 Å². The van der Waals surface area contributed by atoms with Crippen LogP contribution in [0.3, 0.4) is 0 Å². The molecule has 9 heteroatoms. The van der Waals surface area contributed by atoms with Crippen molar-refractivity contribution in [3.63, 3.8) is 0 Å². The summed E-state index contributed by atoms with van der Waals surface area (Å²) in [5.74, 6) is 1.18. The van der Waals surface area contributed by atoms with Gasteiger partial charge in [0.2, 0.25) is 0 Å². The van der Waals surface area contributed by atoms with Crippen molar-refractivity contribution in [2.45, 2.75) is 53.2 Å². The molecule has 0 radical (unpaired) electrons. The minimum absolute atomic E-state index is 0.0638. The number of Topliss-reactive ketones (excluding diaryl/α,β-unsaturated/α-hetero) is 1. The number of carbonyl (C=O) groups excluding carboxylic acids is 1. The van der Waals surface area contributed by atoms with Gasteiger partial charge in [-0.05, 0) is 95.1 Å². The Morgan fingerprint density at radius 2 is 1.58 bits per heavy atom. The number of methoxy groups -OCH3 is 2. The largest absolute Gasteiger partial charge is 0.493 e. The molecule has 0 N–H and O–H groups in total. The minimum atomic E-state index is -0.749. The lowest BCUT2D eigenvalue weighted by molar-refractivity contribution is -0.138. The molecule has 0 amide bonds. The smallest absolute Gasteiger partial charge is 0.163 e. The summed E-state index contributed by atoms with van der Waals surface area (Å²) in [5, 5.41) is 10.4. The van der Waals surface area contributed by atoms with Crippen LogP contribution in [0.15, 0.2) is 54.6 Å². The highest BCUT2D eigenvalue weighted by molar-refractivity contribution is 7.22. The van der Waals surface area contributed by atoms with Gasteiger partial charge in [-0.15, -0.1) is 11.3 Å². The third-order valence-electron chi connectivity index (χ3n) is 7.05. The van der Waals surface area contributed by atoms with E-state index in [0.29, 0.717) is 22.2 Å². The Bertz CT molecular complexity index is 1830. The summed E-state index contributed by atoms with van der Waals surface area (Å²) in [7, 11) is 3.21. The third kappa shape index (κ3) is 6.27. The van der Waals surface area contributed by atoms with Crippen molar-refractivity contribution in [2.75, 3.05) is 14.2 Å². The van der Waals surface area contributed by atoms with E-state index in [0.717, 1.165) is 54.3 Å². The van der Waals surface area contributed by atoms with E-state index in [9.17, 15) is 4.79 Å². The van der Waals surface area contributed by atoms with Gasteiger partial charge >= 0.3 is 0 Å². The third-order valence-corrected chi connectivity index (χ3v) is 8.43. The number of hydrogen-bond donors (Lipinski definition) is 0. The molecule has 5 aromatic rings. The highest BCUT2D eigenvalue weighted by Gasteiger charge is 2.30. The zero-order valence-corrected chi connectivity index (χ0v) is 27.1. The number of fused-ring (bicyclic) bond motifs is 1. The van der Waals surface area contributed by atoms with Crippen molar-refractivity contribution in [2.24, 2.45) is 0 Å². The number of ether oxygens (including phenoxy) is 3. The Morgan fingerprint density at radius 3 is 2.21 bits per heavy atom. The van der Waals surface area contributed by atoms with Gasteiger partial charge in [0, 0.05) is 27.3 Å². The van der Waals surface area contributed by atoms with Gasteiger partial charge in [0.05, 0.1) is 41.4 Å². The molecule has 0 spiro atoms. The van der Waals surface area contributed by atoms with E-state index in [-0.39, 0.29) is 5.78 Å². The summed E-state index contributed by atoms with van der Waals surface area (Å²) in [4.78, 5) is 18.2. The van der Waals surface area contributed by atoms with Crippen LogP contribution in [-0.4, -0.2) is 40.8 Å². The molecule has 0 saturated carbocycles. The Hall–Kier alpha value is -3.85. The van der Waals surface area contributed by atoms with E-state index in [1.807, 2.05) is 89.2 Å². The topological polar surface area (TPSA) is 83.4 Å². The summed E-state index contributed by atoms with van der Waals surface area (Å²) in [6.45, 7) is 11.4. The Morgan fingerprint density at radius 1 is 0.907 bits per heavy atom. The monoisotopic (exact) mass is 615 g/mol. The van der Waals surface area contributed by atoms with Crippen LogP contribution in [0, 0.1) is 13.8 Å². The maximum Gasteiger partial charge on any atom is 0.163 e. The van der Waals surface area contributed by atoms with Crippen LogP contribution in [-0.2, 0) is 9.53 Å². The molecule has 0 aliphatic heterocycles. The minimum Gasteiger partial charge on any atom is -0.493 e. The van der Waals surface area contributed by atoms with Gasteiger partial charge in [0.15, 0.2) is 17.3 Å². The number of hydrogen-bond acceptors (Lipinski definition) is 8. The predicted molar refractivity (Wildman–Crippen MR) is 173 cm³/mol. The second-order valence-electron chi connectivity index (χ2n) is 11.4. The van der Waals surface area contributed by atoms with Crippen LogP contribution in [0.1, 0.15) is 50.6 Å². The van der Waals surface area contributed by atoms with Gasteiger partial charge in [-0.3, -0.25) is 4.79 Å². The molecule has 0 aliphatic rings. The van der Waals surface area contributed by atoms with Crippen molar-refractivity contribution in [1.29, 1.82) is 0 Å². The van der Waals surface area contributed by atoms with Gasteiger partial charge < -0.3 is 14.2 Å². The normalized spacial score (nSPS) is 12.4. The van der Waals surface area contributed by atoms with E-state index < -0.39 is 11.7 Å². The number of rotatable bonds is 8. The first kappa shape index (κ1) is 30.6. The summed E-state index contributed by atoms with van der Waals surface area (Å²) in [6.07, 6.45) is -0.749. The van der Waals surface area contributed by atoms with Gasteiger partial charge in [-0.1, -0.05) is 23.7 Å². The number of benzene rings is 3. The van der Waals surface area contributed by atoms with Crippen molar-refractivity contribution >= 4 is 38.9 Å². The number of halogens is 1. The number of ketones is 1. The summed E-state index contributed by atoms with van der Waals surface area (Å²) >= 11 is 7.83. The van der Waals surface area contributed by atoms with Crippen LogP contribution in [0.2, 0.25) is 5.02 Å². The molecular formula is C34H34ClN3O4S. The molecule has 5 rings (SSSR count). The Labute approximate surface area is 260 Å². The average Bonchev–Trinajstić information content (AvgIpc) is 3.38. The number of nitrogens with zero attached hydrogens (tertiary/aromatic N) is 3. The molecular weight excluding hydrogens is 582 g/mol. The van der Waals surface area contributed by atoms with Crippen molar-refractivity contribution < 1.29 is 19.0 Å². The molecule has 0 aliphatic carbocycles. The average molecular weight is 616 g/mol. The van der Waals surface area contributed by atoms with E-state index in [1.54, 1.807) is 32.5 Å². The van der Waals surface area contributed by atoms with E-state index in [2.05, 4.69) is 10.2 Å². The molecule has 43 heavy (non-hydrogen) atoms. The molecule has 0 saturated heterocycles. The number of aromatic nitrogens is 3. The SMILES string of the molecule is COc1ccc(-c2cc(-c3nc4cc(C)c([C@H](OC(C)(C)C)C(C)=O)c(-c5ccc(Cl)cc5)c4s3)c(C)nn2)cc1OC. The molecule has 7 nitrogen and oxygen atoms in total. The van der Waals surface area contributed by atoms with Gasteiger partial charge in [-0.25, -0.2) is 4.98 Å². The zero-order valence-electron chi connectivity index (χ0n) is 25.5. The fraction of sp³-hybridized carbons (Fsp3) is 0.294. The van der Waals surface area contributed by atoms with Crippen LogP contribution < -0.4 is 9.47 Å². The van der Waals surface area contributed by atoms with Crippen LogP contribution in [0.5, 0.6) is 11.5 Å². The van der Waals surface area contributed by atoms with Crippen molar-refractivity contribution in [3.05, 3.63) is 76.4 Å². The number of carbonyl (C=O) groups is 1. The number of aryl methyl sites for hydroxylation is 2. The lowest BCUT2D eigenvalue weighted by Crippen LogP contribution is -2.27. The maximum atomic E-state index is 13.1. The molecule has 3 aromatic carbocycles. The molecule has 222 valence electrons. The quantitative estimate of drug-likeness (QED) is 0.172. The fourth-order valence-electron chi connectivity index (χ4n) is 5.07. The Balaban J connectivity index is 1.73. The summed E-state index contributed by atoms with van der Waals surface area (Å²) < 4.78 is 18.2. The van der Waals surface area contributed by atoms with Gasteiger partial charge in [0.25, 0.3) is 0 Å². The first-order valence-electron chi connectivity index (χ1n) is 13.9. The lowest BCUT2D eigenvalue weighted by Gasteiger charge is -2.29. The van der Waals surface area contributed by atoms with Crippen molar-refractivity contribution in [3.8, 4) is 44.5 Å². The van der Waals surface area contributed by atoms with Gasteiger partial charge in [-0.2, -0.15) is 10.2 Å². The zero-order chi connectivity index (χ0) is 31.1. The van der Waals surface area contributed by atoms with E-state index >= 15 is 0 Å². The molecule has 0 fully saturated rings. The molecule has 2 heterocycles. The first-order valence-corrected chi connectivity index (χ1v) is 15.0. The molecule has 0 bridgehead atoms. The second-order valence-corrected chi connectivity index (χ2v) is 12.8. The Kier molecular flexibility index (Phi) is 8.56. The van der Waals surface area contributed by atoms with E-state index in [4.69, 9.17) is 30.8 Å². The van der Waals surface area contributed by atoms with Gasteiger partial charge in [0.1, 0.15) is 11.1 Å². The second kappa shape index (κ2) is 12.0. The van der Waals surface area contributed by atoms with Crippen LogP contribution >= 0.6 is 22.9 Å². The highest BCUT2D eigenvalue weighted by Crippen LogP contribution is 2.45. The first-order chi connectivity index (χ1) is 20.4. The molecule has 0 unspecified atom stereocenters. The summed E-state index contributed by atoms with van der Waals surface area (Å²) in [6, 6.07) is 17.3. The highest BCUT2D eigenvalue weighted by atomic mass is 35.5. The lowest BCUT2D eigenvalue weighted by atomic mass is 9.90. The molecule has 2 aromatic heterocycles. The van der Waals surface area contributed by atoms with Crippen LogP contribution in [0.4, 0.5) is 0 Å². The van der Waals surface area contributed by atoms with E-state index in [1.165, 1.54) is 0 Å². The standard InChI is InChI=1S/C34H34ClN3O4S/c1-18-15-26-32(30(21-9-12-23(35)13-10-21)29(18)31(20(3)39)42-34(4,5)6)43-33(36-26)24-17-25(38-37-19(24)2)22-11-14-27(40-7)28(16-22)41-8/h9-17,31H,1-8H3/t31-/m1/s1. The van der Waals surface area contributed by atoms with Crippen LogP contribution in [0.25, 0.3) is 43.2 Å². The molecule has 1 atom stereocenters. The maximum absolute atomic E-state index is 13.1. The summed E-state index contributed by atoms with van der Waals surface area (Å²) in [5.41, 5.74) is 7.06. The fourth-order valence-corrected chi connectivity index (χ4v) is 6.39.